The van der Waals surface area contributed by atoms with E-state index in [9.17, 15) is 14.0 Å². The van der Waals surface area contributed by atoms with Crippen molar-refractivity contribution in [3.05, 3.63) is 52.2 Å². The van der Waals surface area contributed by atoms with Gasteiger partial charge < -0.3 is 10.2 Å². The van der Waals surface area contributed by atoms with E-state index < -0.39 is 11.7 Å². The maximum absolute atomic E-state index is 13.0. The molecule has 6 nitrogen and oxygen atoms in total. The van der Waals surface area contributed by atoms with E-state index in [-0.39, 0.29) is 5.56 Å². The van der Waals surface area contributed by atoms with Gasteiger partial charge in [0.1, 0.15) is 11.5 Å². The van der Waals surface area contributed by atoms with Crippen LogP contribution in [0.4, 0.5) is 15.8 Å². The number of carbonyl (C=O) groups excluding carboxylic acids is 1. The van der Waals surface area contributed by atoms with Crippen LogP contribution in [0.3, 0.4) is 0 Å². The molecule has 1 N–H and O–H groups in total. The van der Waals surface area contributed by atoms with E-state index >= 15 is 0 Å². The molecule has 7 heteroatoms. The Bertz CT molecular complexity index is 811. The lowest BCUT2D eigenvalue weighted by atomic mass is 10.1. The van der Waals surface area contributed by atoms with Gasteiger partial charge in [-0.25, -0.2) is 9.07 Å². The van der Waals surface area contributed by atoms with Gasteiger partial charge in [-0.1, -0.05) is 0 Å². The molecule has 0 unspecified atom stereocenters. The minimum absolute atomic E-state index is 0.207. The van der Waals surface area contributed by atoms with Gasteiger partial charge in [-0.05, 0) is 50.5 Å². The maximum atomic E-state index is 13.0. The molecule has 1 aromatic carbocycles. The topological polar surface area (TPSA) is 67.2 Å². The summed E-state index contributed by atoms with van der Waals surface area (Å²) < 4.78 is 14.4. The van der Waals surface area contributed by atoms with Crippen molar-refractivity contribution in [2.75, 3.05) is 23.3 Å². The summed E-state index contributed by atoms with van der Waals surface area (Å²) in [5.41, 5.74) is 0.991. The highest BCUT2D eigenvalue weighted by atomic mass is 19.1. The quantitative estimate of drug-likeness (QED) is 0.926. The van der Waals surface area contributed by atoms with Crippen molar-refractivity contribution in [3.63, 3.8) is 0 Å². The molecule has 1 aliphatic heterocycles. The lowest BCUT2D eigenvalue weighted by molar-refractivity contribution is 0.102. The molecular weight excluding hydrogens is 323 g/mol. The summed E-state index contributed by atoms with van der Waals surface area (Å²) in [5.74, 6) is -0.800. The Labute approximate surface area is 145 Å². The molecule has 1 aromatic heterocycles. The Hall–Kier alpha value is -2.70. The molecule has 0 spiro atoms. The molecule has 1 fully saturated rings. The number of aromatic nitrogens is 2. The van der Waals surface area contributed by atoms with Crippen LogP contribution in [0.25, 0.3) is 0 Å². The highest BCUT2D eigenvalue weighted by Gasteiger charge is 2.21. The van der Waals surface area contributed by atoms with E-state index in [1.54, 1.807) is 0 Å². The van der Waals surface area contributed by atoms with Gasteiger partial charge in [0.25, 0.3) is 11.5 Å². The monoisotopic (exact) mass is 344 g/mol. The molecule has 1 aliphatic rings. The molecule has 0 aliphatic carbocycles. The standard InChI is InChI=1S/C18H21FN4O2/c1-2-23-18(25)16(22-10-4-3-5-11-22)15(12-20-23)21-17(24)13-6-8-14(19)9-7-13/h6-9,12H,2-5,10-11H2,1H3,(H,21,24). The number of aryl methyl sites for hydroxylation is 1. The van der Waals surface area contributed by atoms with E-state index in [0.29, 0.717) is 23.5 Å². The number of rotatable bonds is 4. The second kappa shape index (κ2) is 7.46. The molecule has 25 heavy (non-hydrogen) atoms. The van der Waals surface area contributed by atoms with Crippen LogP contribution in [0, 0.1) is 5.82 Å². The van der Waals surface area contributed by atoms with Crippen LogP contribution in [-0.4, -0.2) is 28.8 Å². The molecule has 0 radical (unpaired) electrons. The Morgan fingerprint density at radius 1 is 1.20 bits per heavy atom. The molecule has 2 aromatic rings. The summed E-state index contributed by atoms with van der Waals surface area (Å²) in [6.07, 6.45) is 4.68. The van der Waals surface area contributed by atoms with Crippen molar-refractivity contribution in [1.82, 2.24) is 9.78 Å². The minimum atomic E-state index is -0.405. The number of nitrogens with one attached hydrogen (secondary N) is 1. The van der Waals surface area contributed by atoms with Crippen LogP contribution >= 0.6 is 0 Å². The first-order valence-electron chi connectivity index (χ1n) is 8.52. The number of anilines is 2. The normalized spacial score (nSPS) is 14.4. The van der Waals surface area contributed by atoms with Gasteiger partial charge in [0.15, 0.2) is 0 Å². The van der Waals surface area contributed by atoms with Gasteiger partial charge in [0, 0.05) is 25.2 Å². The summed E-state index contributed by atoms with van der Waals surface area (Å²) in [5, 5.41) is 6.87. The number of nitrogens with zero attached hydrogens (tertiary/aromatic N) is 3. The van der Waals surface area contributed by atoms with Crippen LogP contribution in [-0.2, 0) is 6.54 Å². The van der Waals surface area contributed by atoms with Crippen LogP contribution in [0.5, 0.6) is 0 Å². The SMILES string of the molecule is CCn1ncc(NC(=O)c2ccc(F)cc2)c(N2CCCCC2)c1=O. The highest BCUT2D eigenvalue weighted by Crippen LogP contribution is 2.24. The summed E-state index contributed by atoms with van der Waals surface area (Å²) >= 11 is 0. The third-order valence-corrected chi connectivity index (χ3v) is 4.34. The predicted molar refractivity (Wildman–Crippen MR) is 94.6 cm³/mol. The zero-order valence-corrected chi connectivity index (χ0v) is 14.2. The molecule has 0 saturated carbocycles. The van der Waals surface area contributed by atoms with Gasteiger partial charge in [0.2, 0.25) is 0 Å². The van der Waals surface area contributed by atoms with Gasteiger partial charge in [-0.2, -0.15) is 5.10 Å². The van der Waals surface area contributed by atoms with E-state index in [2.05, 4.69) is 10.4 Å². The van der Waals surface area contributed by atoms with Crippen LogP contribution < -0.4 is 15.8 Å². The number of hydrogen-bond acceptors (Lipinski definition) is 4. The maximum Gasteiger partial charge on any atom is 0.292 e. The number of halogens is 1. The van der Waals surface area contributed by atoms with Crippen LogP contribution in [0.2, 0.25) is 0 Å². The largest absolute Gasteiger partial charge is 0.365 e. The van der Waals surface area contributed by atoms with Gasteiger partial charge >= 0.3 is 0 Å². The first-order chi connectivity index (χ1) is 12.1. The van der Waals surface area contributed by atoms with Crippen LogP contribution in [0.15, 0.2) is 35.3 Å². The Kier molecular flexibility index (Phi) is 5.11. The van der Waals surface area contributed by atoms with Crippen molar-refractivity contribution in [2.24, 2.45) is 0 Å². The number of hydrogen-bond donors (Lipinski definition) is 1. The van der Waals surface area contributed by atoms with E-state index in [1.807, 2.05) is 11.8 Å². The Morgan fingerprint density at radius 2 is 1.88 bits per heavy atom. The lowest BCUT2D eigenvalue weighted by Crippen LogP contribution is -2.37. The minimum Gasteiger partial charge on any atom is -0.365 e. The fourth-order valence-electron chi connectivity index (χ4n) is 3.01. The van der Waals surface area contributed by atoms with Crippen molar-refractivity contribution >= 4 is 17.3 Å². The smallest absolute Gasteiger partial charge is 0.292 e. The van der Waals surface area contributed by atoms with E-state index in [4.69, 9.17) is 0 Å². The highest BCUT2D eigenvalue weighted by molar-refractivity contribution is 6.05. The second-order valence-corrected chi connectivity index (χ2v) is 6.04. The summed E-state index contributed by atoms with van der Waals surface area (Å²) in [4.78, 5) is 27.2. The average molecular weight is 344 g/mol. The van der Waals surface area contributed by atoms with Gasteiger partial charge in [-0.3, -0.25) is 9.59 Å². The van der Waals surface area contributed by atoms with Crippen molar-refractivity contribution < 1.29 is 9.18 Å². The van der Waals surface area contributed by atoms with E-state index in [0.717, 1.165) is 32.4 Å². The van der Waals surface area contributed by atoms with Crippen LogP contribution in [0.1, 0.15) is 36.5 Å². The third kappa shape index (κ3) is 3.70. The molecule has 132 valence electrons. The molecule has 3 rings (SSSR count). The Balaban J connectivity index is 1.94. The first kappa shape index (κ1) is 17.1. The number of piperidine rings is 1. The first-order valence-corrected chi connectivity index (χ1v) is 8.52. The van der Waals surface area contributed by atoms with Gasteiger partial charge in [-0.15, -0.1) is 0 Å². The lowest BCUT2D eigenvalue weighted by Gasteiger charge is -2.29. The molecular formula is C18H21FN4O2. The summed E-state index contributed by atoms with van der Waals surface area (Å²) in [6, 6.07) is 5.28. The van der Waals surface area contributed by atoms with Crippen molar-refractivity contribution in [2.45, 2.75) is 32.7 Å². The van der Waals surface area contributed by atoms with Crippen molar-refractivity contribution in [3.8, 4) is 0 Å². The molecule has 2 heterocycles. The van der Waals surface area contributed by atoms with E-state index in [1.165, 1.54) is 35.1 Å². The number of benzene rings is 1. The zero-order valence-electron chi connectivity index (χ0n) is 14.2. The summed E-state index contributed by atoms with van der Waals surface area (Å²) in [7, 11) is 0. The Morgan fingerprint density at radius 3 is 2.52 bits per heavy atom. The molecule has 1 amide bonds. The van der Waals surface area contributed by atoms with Gasteiger partial charge in [0.05, 0.1) is 11.9 Å². The fraction of sp³-hybridized carbons (Fsp3) is 0.389. The molecule has 0 atom stereocenters. The summed E-state index contributed by atoms with van der Waals surface area (Å²) in [6.45, 7) is 3.88. The second-order valence-electron chi connectivity index (χ2n) is 6.04. The van der Waals surface area contributed by atoms with Crippen molar-refractivity contribution in [1.29, 1.82) is 0 Å². The zero-order chi connectivity index (χ0) is 17.8. The molecule has 0 bridgehead atoms. The fourth-order valence-corrected chi connectivity index (χ4v) is 3.01. The molecule has 1 saturated heterocycles. The predicted octanol–water partition coefficient (Wildman–Crippen LogP) is 2.64. The third-order valence-electron chi connectivity index (χ3n) is 4.34. The number of amides is 1. The number of carbonyl (C=O) groups is 1. The average Bonchev–Trinajstić information content (AvgIpc) is 2.63.